The van der Waals surface area contributed by atoms with Crippen molar-refractivity contribution in [2.24, 2.45) is 0 Å². The Kier molecular flexibility index (Phi) is 11.4. The van der Waals surface area contributed by atoms with Crippen LogP contribution in [0.25, 0.3) is 83.6 Å². The van der Waals surface area contributed by atoms with Gasteiger partial charge in [0, 0.05) is 47.3 Å². The summed E-state index contributed by atoms with van der Waals surface area (Å²) in [5, 5.41) is 11.5. The maximum Gasteiger partial charge on any atom is 0.122 e. The minimum atomic E-state index is -2.20. The first-order valence-electron chi connectivity index (χ1n) is 24.7. The SMILES string of the molecule is CC(C)c1cc(-c2ccc(-c3ccccc3)cc2)cc(C(C)C)c1-n1c(-c2[c-]ccc3c2oc2cc(C#N)ccc23)nc2ccccc21.[2H]C([2H])([2H])c1cnc2c(c1)C(C)(C)C(C)(C)c1cc(F)c[c-]c1-2.[Ir]. The summed E-state index contributed by atoms with van der Waals surface area (Å²) < 4.78 is 45.5. The van der Waals surface area contributed by atoms with E-state index in [4.69, 9.17) is 13.5 Å². The number of hydrogen-bond acceptors (Lipinski definition) is 4. The van der Waals surface area contributed by atoms with Gasteiger partial charge in [0.1, 0.15) is 5.58 Å². The Bertz CT molecular complexity index is 3700. The van der Waals surface area contributed by atoms with Crippen LogP contribution in [0.3, 0.4) is 0 Å². The molecule has 0 bridgehead atoms. The summed E-state index contributed by atoms with van der Waals surface area (Å²) >= 11 is 0. The molecule has 7 aromatic carbocycles. The number of aryl methyl sites for hydroxylation is 1. The van der Waals surface area contributed by atoms with E-state index in [1.54, 1.807) is 12.1 Å². The molecule has 345 valence electrons. The fraction of sp³-hybridized carbons (Fsp3) is 0.210. The summed E-state index contributed by atoms with van der Waals surface area (Å²) in [6.45, 7) is 15.1. The van der Waals surface area contributed by atoms with Gasteiger partial charge in [-0.15, -0.1) is 47.5 Å². The van der Waals surface area contributed by atoms with E-state index in [0.717, 1.165) is 55.6 Å². The van der Waals surface area contributed by atoms with E-state index in [1.807, 2.05) is 58.0 Å². The van der Waals surface area contributed by atoms with Crippen LogP contribution >= 0.6 is 0 Å². The average molecular weight is 1080 g/mol. The molecule has 0 N–H and O–H groups in total. The Morgan fingerprint density at radius 1 is 0.710 bits per heavy atom. The standard InChI is InChI=1S/C44H34N3O.C18H19FN.Ir/c1-27(2)37-24-33(32-20-18-31(19-21-32)30-11-6-5-7-12-30)25-38(28(3)4)42(37)47-40-16-9-8-15-39(40)46-44(47)36-14-10-13-35-34-22-17-29(26-45)23-41(34)48-43(35)36;1-11-8-15-16(20-10-11)13-7-6-12(19)9-14(13)17(2,3)18(15,4)5;/h5-13,15-25,27-28H,1-4H3;6,8-10H,1-5H3;/q2*-1;/i;1D3;. The van der Waals surface area contributed by atoms with E-state index >= 15 is 0 Å². The minimum absolute atomic E-state index is 0. The van der Waals surface area contributed by atoms with Gasteiger partial charge in [0.2, 0.25) is 0 Å². The molecule has 3 aromatic heterocycles. The van der Waals surface area contributed by atoms with Crippen molar-refractivity contribution in [2.75, 3.05) is 0 Å². The second kappa shape index (κ2) is 18.2. The van der Waals surface area contributed by atoms with Gasteiger partial charge in [0.25, 0.3) is 0 Å². The van der Waals surface area contributed by atoms with Crippen molar-refractivity contribution in [3.8, 4) is 56.7 Å². The molecule has 3 heterocycles. The normalized spacial score (nSPS) is 14.3. The smallest absolute Gasteiger partial charge is 0.122 e. The number of rotatable bonds is 6. The molecular weight excluding hydrogens is 1030 g/mol. The number of nitrogens with zero attached hydrogens (tertiary/aromatic N) is 4. The molecule has 0 saturated heterocycles. The van der Waals surface area contributed by atoms with E-state index < -0.39 is 12.3 Å². The van der Waals surface area contributed by atoms with E-state index in [0.29, 0.717) is 22.4 Å². The Labute approximate surface area is 422 Å². The molecule has 10 aromatic rings. The van der Waals surface area contributed by atoms with Crippen molar-refractivity contribution >= 4 is 33.0 Å². The van der Waals surface area contributed by atoms with Crippen LogP contribution in [-0.4, -0.2) is 14.5 Å². The number of benzene rings is 7. The van der Waals surface area contributed by atoms with Crippen LogP contribution < -0.4 is 0 Å². The van der Waals surface area contributed by atoms with E-state index in [9.17, 15) is 9.65 Å². The summed E-state index contributed by atoms with van der Waals surface area (Å²) in [7, 11) is 0. The van der Waals surface area contributed by atoms with E-state index in [-0.39, 0.29) is 48.7 Å². The summed E-state index contributed by atoms with van der Waals surface area (Å²) in [6, 6.07) is 55.3. The average Bonchev–Trinajstić information content (AvgIpc) is 3.94. The number of aromatic nitrogens is 3. The van der Waals surface area contributed by atoms with Crippen LogP contribution in [0.4, 0.5) is 4.39 Å². The number of imidazole rings is 1. The Hall–Kier alpha value is -6.97. The second-order valence-corrected chi connectivity index (χ2v) is 19.5. The Morgan fingerprint density at radius 2 is 1.36 bits per heavy atom. The maximum absolute atomic E-state index is 13.8. The van der Waals surface area contributed by atoms with Crippen molar-refractivity contribution in [2.45, 2.75) is 84.9 Å². The van der Waals surface area contributed by atoms with Gasteiger partial charge in [-0.1, -0.05) is 151 Å². The number of pyridine rings is 1. The molecule has 0 saturated carbocycles. The molecule has 0 atom stereocenters. The van der Waals surface area contributed by atoms with E-state index in [2.05, 4.69) is 140 Å². The van der Waals surface area contributed by atoms with Crippen LogP contribution in [-0.2, 0) is 30.9 Å². The predicted molar refractivity (Wildman–Crippen MR) is 276 cm³/mol. The van der Waals surface area contributed by atoms with Gasteiger partial charge in [-0.2, -0.15) is 5.26 Å². The molecule has 69 heavy (non-hydrogen) atoms. The van der Waals surface area contributed by atoms with Crippen molar-refractivity contribution < 1.29 is 33.0 Å². The van der Waals surface area contributed by atoms with Gasteiger partial charge < -0.3 is 14.0 Å². The third-order valence-corrected chi connectivity index (χ3v) is 14.2. The third kappa shape index (κ3) is 8.10. The molecule has 1 aliphatic rings. The molecule has 0 fully saturated rings. The fourth-order valence-corrected chi connectivity index (χ4v) is 9.84. The summed E-state index contributed by atoms with van der Waals surface area (Å²) in [5.74, 6) is 0.941. The fourth-order valence-electron chi connectivity index (χ4n) is 9.84. The molecule has 1 aliphatic carbocycles. The van der Waals surface area contributed by atoms with E-state index in [1.165, 1.54) is 51.7 Å². The first kappa shape index (κ1) is 43.3. The van der Waals surface area contributed by atoms with Gasteiger partial charge in [-0.3, -0.25) is 9.37 Å². The number of para-hydroxylation sites is 2. The number of halogens is 1. The molecule has 1 radical (unpaired) electrons. The van der Waals surface area contributed by atoms with Gasteiger partial charge >= 0.3 is 0 Å². The molecule has 0 spiro atoms. The van der Waals surface area contributed by atoms with Crippen LogP contribution in [0.15, 0.2) is 150 Å². The van der Waals surface area contributed by atoms with Crippen LogP contribution in [0.2, 0.25) is 0 Å². The molecule has 0 aliphatic heterocycles. The van der Waals surface area contributed by atoms with Crippen LogP contribution in [0.1, 0.15) is 105 Å². The summed E-state index contributed by atoms with van der Waals surface area (Å²) in [5.41, 5.74) is 15.8. The largest absolute Gasteiger partial charge is 0.500 e. The second-order valence-electron chi connectivity index (χ2n) is 19.5. The first-order valence-corrected chi connectivity index (χ1v) is 23.2. The van der Waals surface area contributed by atoms with Gasteiger partial charge in [0.15, 0.2) is 0 Å². The number of fused-ring (bicyclic) bond motifs is 7. The first-order chi connectivity index (χ1) is 33.9. The molecule has 11 rings (SSSR count). The topological polar surface area (TPSA) is 67.6 Å². The number of hydrogen-bond donors (Lipinski definition) is 0. The third-order valence-electron chi connectivity index (χ3n) is 14.2. The molecular formula is C62H53FIrN4O-2. The molecule has 7 heteroatoms. The maximum atomic E-state index is 13.8. The molecule has 5 nitrogen and oxygen atoms in total. The van der Waals surface area contributed by atoms with Gasteiger partial charge in [-0.25, -0.2) is 0 Å². The summed E-state index contributed by atoms with van der Waals surface area (Å²) in [4.78, 5) is 9.66. The monoisotopic (exact) mass is 1080 g/mol. The van der Waals surface area contributed by atoms with Gasteiger partial charge in [-0.05, 0) is 111 Å². The minimum Gasteiger partial charge on any atom is -0.500 e. The zero-order valence-electron chi connectivity index (χ0n) is 42.9. The number of furan rings is 1. The van der Waals surface area contributed by atoms with Crippen molar-refractivity contribution in [3.05, 3.63) is 197 Å². The van der Waals surface area contributed by atoms with Gasteiger partial charge in [0.05, 0.1) is 34.1 Å². The summed E-state index contributed by atoms with van der Waals surface area (Å²) in [6.07, 6.45) is 1.39. The zero-order chi connectivity index (χ0) is 50.1. The quantitative estimate of drug-likeness (QED) is 0.156. The van der Waals surface area contributed by atoms with Crippen LogP contribution in [0.5, 0.6) is 0 Å². The number of nitriles is 1. The predicted octanol–water partition coefficient (Wildman–Crippen LogP) is 16.4. The molecule has 0 amide bonds. The van der Waals surface area contributed by atoms with Crippen molar-refractivity contribution in [1.29, 1.82) is 5.26 Å². The zero-order valence-corrected chi connectivity index (χ0v) is 42.3. The Morgan fingerprint density at radius 3 is 2.04 bits per heavy atom. The Balaban J connectivity index is 0.000000224. The van der Waals surface area contributed by atoms with Crippen LogP contribution in [0, 0.1) is 36.1 Å². The molecule has 0 unspecified atom stereocenters. The van der Waals surface area contributed by atoms with Crippen molar-refractivity contribution in [1.82, 2.24) is 14.5 Å². The van der Waals surface area contributed by atoms with Crippen molar-refractivity contribution in [3.63, 3.8) is 0 Å².